The van der Waals surface area contributed by atoms with Crippen molar-refractivity contribution in [3.63, 3.8) is 0 Å². The molecule has 0 bridgehead atoms. The van der Waals surface area contributed by atoms with E-state index in [1.54, 1.807) is 57.2 Å². The first-order valence-corrected chi connectivity index (χ1v) is 11.4. The summed E-state index contributed by atoms with van der Waals surface area (Å²) >= 11 is 0. The van der Waals surface area contributed by atoms with Gasteiger partial charge in [0.25, 0.3) is 5.91 Å². The SMILES string of the molecule is CC(C)(C)NS(=O)(=O)c1ccc(NC(=O)c2ccc(OCC3CCCO3)cc2)cc1. The van der Waals surface area contributed by atoms with Crippen LogP contribution in [0, 0.1) is 0 Å². The number of benzene rings is 2. The van der Waals surface area contributed by atoms with Crippen molar-refractivity contribution in [3.8, 4) is 5.75 Å². The second-order valence-electron chi connectivity index (χ2n) is 8.30. The standard InChI is InChI=1S/C22H28N2O5S/c1-22(2,3)24-30(26,27)20-12-8-17(9-13-20)23-21(25)16-6-10-18(11-7-16)29-15-19-5-4-14-28-19/h6-13,19,24H,4-5,14-15H2,1-3H3,(H,23,25). The molecule has 8 heteroatoms. The molecule has 1 fully saturated rings. The molecule has 7 nitrogen and oxygen atoms in total. The van der Waals surface area contributed by atoms with Crippen LogP contribution in [0.1, 0.15) is 44.0 Å². The van der Waals surface area contributed by atoms with Crippen LogP contribution in [0.15, 0.2) is 53.4 Å². The highest BCUT2D eigenvalue weighted by Gasteiger charge is 2.22. The Morgan fingerprint density at radius 2 is 1.77 bits per heavy atom. The lowest BCUT2D eigenvalue weighted by atomic mass is 10.1. The van der Waals surface area contributed by atoms with Crippen LogP contribution in [0.25, 0.3) is 0 Å². The molecule has 1 heterocycles. The molecule has 30 heavy (non-hydrogen) atoms. The zero-order valence-electron chi connectivity index (χ0n) is 17.5. The molecule has 0 spiro atoms. The number of sulfonamides is 1. The van der Waals surface area contributed by atoms with Crippen LogP contribution < -0.4 is 14.8 Å². The van der Waals surface area contributed by atoms with Crippen molar-refractivity contribution in [2.24, 2.45) is 0 Å². The molecule has 1 atom stereocenters. The van der Waals surface area contributed by atoms with Crippen LogP contribution >= 0.6 is 0 Å². The van der Waals surface area contributed by atoms with E-state index in [9.17, 15) is 13.2 Å². The second-order valence-corrected chi connectivity index (χ2v) is 9.99. The Kier molecular flexibility index (Phi) is 6.80. The van der Waals surface area contributed by atoms with Crippen molar-refractivity contribution in [3.05, 3.63) is 54.1 Å². The lowest BCUT2D eigenvalue weighted by Crippen LogP contribution is -2.40. The van der Waals surface area contributed by atoms with Gasteiger partial charge in [-0.1, -0.05) is 0 Å². The molecule has 2 aromatic rings. The van der Waals surface area contributed by atoms with Crippen molar-refractivity contribution in [2.45, 2.75) is 50.2 Å². The Bertz CT molecular complexity index is 958. The normalized spacial score (nSPS) is 17.0. The third kappa shape index (κ3) is 6.29. The second kappa shape index (κ2) is 9.16. The number of nitrogens with one attached hydrogen (secondary N) is 2. The van der Waals surface area contributed by atoms with Crippen LogP contribution in [0.3, 0.4) is 0 Å². The number of hydrogen-bond acceptors (Lipinski definition) is 5. The van der Waals surface area contributed by atoms with E-state index in [0.29, 0.717) is 23.6 Å². The third-order valence-corrected chi connectivity index (χ3v) is 6.21. The molecule has 1 aliphatic heterocycles. The van der Waals surface area contributed by atoms with Gasteiger partial charge < -0.3 is 14.8 Å². The lowest BCUT2D eigenvalue weighted by Gasteiger charge is -2.20. The number of carbonyl (C=O) groups is 1. The number of anilines is 1. The highest BCUT2D eigenvalue weighted by molar-refractivity contribution is 7.89. The van der Waals surface area contributed by atoms with Crippen molar-refractivity contribution < 1.29 is 22.7 Å². The summed E-state index contributed by atoms with van der Waals surface area (Å²) in [4.78, 5) is 12.6. The molecular weight excluding hydrogens is 404 g/mol. The van der Waals surface area contributed by atoms with Crippen LogP contribution in [-0.2, 0) is 14.8 Å². The van der Waals surface area contributed by atoms with Gasteiger partial charge in [-0.25, -0.2) is 13.1 Å². The van der Waals surface area contributed by atoms with Gasteiger partial charge in [0.15, 0.2) is 0 Å². The Balaban J connectivity index is 1.57. The number of carbonyl (C=O) groups excluding carboxylic acids is 1. The van der Waals surface area contributed by atoms with E-state index in [-0.39, 0.29) is 16.9 Å². The Hall–Kier alpha value is -2.42. The maximum Gasteiger partial charge on any atom is 0.255 e. The molecule has 1 amide bonds. The monoisotopic (exact) mass is 432 g/mol. The van der Waals surface area contributed by atoms with Gasteiger partial charge in [0.1, 0.15) is 12.4 Å². The van der Waals surface area contributed by atoms with Gasteiger partial charge in [-0.2, -0.15) is 0 Å². The molecule has 2 N–H and O–H groups in total. The van der Waals surface area contributed by atoms with Gasteiger partial charge in [0, 0.05) is 23.4 Å². The van der Waals surface area contributed by atoms with Crippen molar-refractivity contribution in [1.29, 1.82) is 0 Å². The largest absolute Gasteiger partial charge is 0.491 e. The van der Waals surface area contributed by atoms with Crippen molar-refractivity contribution in [1.82, 2.24) is 4.72 Å². The molecule has 3 rings (SSSR count). The first-order chi connectivity index (χ1) is 14.1. The number of amides is 1. The number of ether oxygens (including phenoxy) is 2. The topological polar surface area (TPSA) is 93.7 Å². The number of rotatable bonds is 7. The average Bonchev–Trinajstić information content (AvgIpc) is 3.19. The zero-order chi connectivity index (χ0) is 21.8. The molecular formula is C22H28N2O5S. The Morgan fingerprint density at radius 1 is 1.10 bits per heavy atom. The third-order valence-electron chi connectivity index (χ3n) is 4.44. The Morgan fingerprint density at radius 3 is 2.33 bits per heavy atom. The lowest BCUT2D eigenvalue weighted by molar-refractivity contribution is 0.0679. The maximum absolute atomic E-state index is 12.5. The maximum atomic E-state index is 12.5. The molecule has 1 saturated heterocycles. The quantitative estimate of drug-likeness (QED) is 0.698. The summed E-state index contributed by atoms with van der Waals surface area (Å²) in [6, 6.07) is 12.9. The van der Waals surface area contributed by atoms with E-state index in [2.05, 4.69) is 10.0 Å². The number of hydrogen-bond donors (Lipinski definition) is 2. The van der Waals surface area contributed by atoms with E-state index in [4.69, 9.17) is 9.47 Å². The van der Waals surface area contributed by atoms with Gasteiger partial charge >= 0.3 is 0 Å². The van der Waals surface area contributed by atoms with Crippen LogP contribution in [0.4, 0.5) is 5.69 Å². The summed E-state index contributed by atoms with van der Waals surface area (Å²) < 4.78 is 38.5. The summed E-state index contributed by atoms with van der Waals surface area (Å²) in [5, 5.41) is 2.77. The van der Waals surface area contributed by atoms with Crippen molar-refractivity contribution >= 4 is 21.6 Å². The van der Waals surface area contributed by atoms with Crippen LogP contribution in [0.2, 0.25) is 0 Å². The summed E-state index contributed by atoms with van der Waals surface area (Å²) in [6.45, 7) is 6.62. The minimum absolute atomic E-state index is 0.137. The fourth-order valence-electron chi connectivity index (χ4n) is 3.05. The molecule has 0 radical (unpaired) electrons. The molecule has 0 aliphatic carbocycles. The summed E-state index contributed by atoms with van der Waals surface area (Å²) in [7, 11) is -3.62. The fourth-order valence-corrected chi connectivity index (χ4v) is 4.47. The van der Waals surface area contributed by atoms with E-state index < -0.39 is 15.6 Å². The first kappa shape index (κ1) is 22.3. The fraction of sp³-hybridized carbons (Fsp3) is 0.409. The molecule has 2 aromatic carbocycles. The molecule has 1 unspecified atom stereocenters. The average molecular weight is 433 g/mol. The van der Waals surface area contributed by atoms with Crippen molar-refractivity contribution in [2.75, 3.05) is 18.5 Å². The van der Waals surface area contributed by atoms with E-state index in [0.717, 1.165) is 19.4 Å². The highest BCUT2D eigenvalue weighted by Crippen LogP contribution is 2.19. The molecule has 1 aliphatic rings. The van der Waals surface area contributed by atoms with E-state index in [1.165, 1.54) is 12.1 Å². The first-order valence-electron chi connectivity index (χ1n) is 9.92. The predicted molar refractivity (Wildman–Crippen MR) is 115 cm³/mol. The summed E-state index contributed by atoms with van der Waals surface area (Å²) in [5.74, 6) is 0.395. The molecule has 162 valence electrons. The predicted octanol–water partition coefficient (Wildman–Crippen LogP) is 3.57. The Labute approximate surface area is 177 Å². The van der Waals surface area contributed by atoms with Gasteiger partial charge in [-0.05, 0) is 82.1 Å². The van der Waals surface area contributed by atoms with E-state index in [1.807, 2.05) is 0 Å². The molecule has 0 saturated carbocycles. The molecule has 0 aromatic heterocycles. The zero-order valence-corrected chi connectivity index (χ0v) is 18.3. The van der Waals surface area contributed by atoms with Crippen LogP contribution in [0.5, 0.6) is 5.75 Å². The minimum atomic E-state index is -3.62. The summed E-state index contributed by atoms with van der Waals surface area (Å²) in [5.41, 5.74) is 0.408. The van der Waals surface area contributed by atoms with E-state index >= 15 is 0 Å². The van der Waals surface area contributed by atoms with Gasteiger partial charge in [0.2, 0.25) is 10.0 Å². The van der Waals surface area contributed by atoms with Gasteiger partial charge in [-0.3, -0.25) is 4.79 Å². The van der Waals surface area contributed by atoms with Crippen LogP contribution in [-0.4, -0.2) is 39.2 Å². The smallest absolute Gasteiger partial charge is 0.255 e. The summed E-state index contributed by atoms with van der Waals surface area (Å²) in [6.07, 6.45) is 2.21. The van der Waals surface area contributed by atoms with Gasteiger partial charge in [-0.15, -0.1) is 0 Å². The van der Waals surface area contributed by atoms with Gasteiger partial charge in [0.05, 0.1) is 11.0 Å². The minimum Gasteiger partial charge on any atom is -0.491 e. The highest BCUT2D eigenvalue weighted by atomic mass is 32.2.